The van der Waals surface area contributed by atoms with Crippen LogP contribution in [0.2, 0.25) is 5.02 Å². The third-order valence-electron chi connectivity index (χ3n) is 3.02. The summed E-state index contributed by atoms with van der Waals surface area (Å²) in [7, 11) is 0. The Morgan fingerprint density at radius 3 is 2.58 bits per heavy atom. The first kappa shape index (κ1) is 14.0. The molecule has 2 aromatic carbocycles. The standard InChI is InChI=1S/C15H14ClF2N/c1-9-5-14(18)12(8-13(9)17)15(19)7-10-3-2-4-11(16)6-10/h2-6,8,15H,7,19H2,1H3. The minimum Gasteiger partial charge on any atom is -0.324 e. The molecule has 0 saturated heterocycles. The zero-order valence-corrected chi connectivity index (χ0v) is 11.2. The minimum atomic E-state index is -0.603. The molecule has 0 fully saturated rings. The van der Waals surface area contributed by atoms with Crippen molar-refractivity contribution in [3.63, 3.8) is 0 Å². The number of benzene rings is 2. The molecule has 0 aliphatic heterocycles. The van der Waals surface area contributed by atoms with Crippen LogP contribution in [0.5, 0.6) is 0 Å². The first-order chi connectivity index (χ1) is 8.97. The lowest BCUT2D eigenvalue weighted by molar-refractivity contribution is 0.556. The Bertz CT molecular complexity index is 599. The number of aryl methyl sites for hydroxylation is 1. The third kappa shape index (κ3) is 3.31. The summed E-state index contributed by atoms with van der Waals surface area (Å²) >= 11 is 5.88. The lowest BCUT2D eigenvalue weighted by atomic mass is 9.98. The van der Waals surface area contributed by atoms with Crippen LogP contribution in [-0.4, -0.2) is 0 Å². The Labute approximate surface area is 116 Å². The van der Waals surface area contributed by atoms with Crippen LogP contribution in [0.3, 0.4) is 0 Å². The van der Waals surface area contributed by atoms with Crippen LogP contribution in [0.25, 0.3) is 0 Å². The largest absolute Gasteiger partial charge is 0.324 e. The Morgan fingerprint density at radius 2 is 1.89 bits per heavy atom. The van der Waals surface area contributed by atoms with E-state index in [0.29, 0.717) is 11.4 Å². The number of hydrogen-bond acceptors (Lipinski definition) is 1. The summed E-state index contributed by atoms with van der Waals surface area (Å²) in [5, 5.41) is 0.597. The second-order valence-corrected chi connectivity index (χ2v) is 5.00. The Kier molecular flexibility index (Phi) is 4.17. The molecule has 19 heavy (non-hydrogen) atoms. The van der Waals surface area contributed by atoms with Crippen LogP contribution in [0, 0.1) is 18.6 Å². The molecule has 2 aromatic rings. The molecule has 0 bridgehead atoms. The average Bonchev–Trinajstić information content (AvgIpc) is 2.33. The smallest absolute Gasteiger partial charge is 0.128 e. The predicted molar refractivity (Wildman–Crippen MR) is 73.2 cm³/mol. The second kappa shape index (κ2) is 5.68. The molecule has 2 N–H and O–H groups in total. The zero-order chi connectivity index (χ0) is 14.0. The number of rotatable bonds is 3. The van der Waals surface area contributed by atoms with Gasteiger partial charge in [0.25, 0.3) is 0 Å². The van der Waals surface area contributed by atoms with Gasteiger partial charge in [0.2, 0.25) is 0 Å². The van der Waals surface area contributed by atoms with Gasteiger partial charge in [-0.1, -0.05) is 23.7 Å². The van der Waals surface area contributed by atoms with Crippen molar-refractivity contribution < 1.29 is 8.78 Å². The summed E-state index contributed by atoms with van der Waals surface area (Å²) in [6.07, 6.45) is 0.403. The number of nitrogens with two attached hydrogens (primary N) is 1. The van der Waals surface area contributed by atoms with Crippen molar-refractivity contribution in [2.75, 3.05) is 0 Å². The van der Waals surface area contributed by atoms with Crippen LogP contribution in [0.1, 0.15) is 22.7 Å². The maximum atomic E-state index is 13.8. The van der Waals surface area contributed by atoms with Crippen molar-refractivity contribution in [1.82, 2.24) is 0 Å². The Morgan fingerprint density at radius 1 is 1.16 bits per heavy atom. The van der Waals surface area contributed by atoms with Crippen molar-refractivity contribution in [3.8, 4) is 0 Å². The molecule has 0 radical (unpaired) electrons. The first-order valence-corrected chi connectivity index (χ1v) is 6.30. The van der Waals surface area contributed by atoms with Crippen molar-refractivity contribution in [2.45, 2.75) is 19.4 Å². The lowest BCUT2D eigenvalue weighted by Gasteiger charge is -2.14. The van der Waals surface area contributed by atoms with Gasteiger partial charge in [-0.25, -0.2) is 8.78 Å². The molecule has 0 aliphatic rings. The molecule has 0 heterocycles. The maximum Gasteiger partial charge on any atom is 0.128 e. The molecule has 0 amide bonds. The highest BCUT2D eigenvalue weighted by Crippen LogP contribution is 2.23. The molecule has 0 spiro atoms. The van der Waals surface area contributed by atoms with Gasteiger partial charge in [-0.05, 0) is 48.7 Å². The average molecular weight is 282 g/mol. The highest BCUT2D eigenvalue weighted by atomic mass is 35.5. The minimum absolute atomic E-state index is 0.183. The fourth-order valence-electron chi connectivity index (χ4n) is 1.97. The monoisotopic (exact) mass is 281 g/mol. The van der Waals surface area contributed by atoms with E-state index in [1.807, 2.05) is 6.07 Å². The van der Waals surface area contributed by atoms with Gasteiger partial charge in [-0.2, -0.15) is 0 Å². The van der Waals surface area contributed by atoms with E-state index in [0.717, 1.165) is 5.56 Å². The van der Waals surface area contributed by atoms with E-state index in [9.17, 15) is 8.78 Å². The molecule has 100 valence electrons. The van der Waals surface area contributed by atoms with E-state index >= 15 is 0 Å². The maximum absolute atomic E-state index is 13.8. The van der Waals surface area contributed by atoms with Crippen LogP contribution in [0.4, 0.5) is 8.78 Å². The molecule has 2 rings (SSSR count). The van der Waals surface area contributed by atoms with Crippen molar-refractivity contribution in [2.24, 2.45) is 5.73 Å². The fourth-order valence-corrected chi connectivity index (χ4v) is 2.19. The summed E-state index contributed by atoms with van der Waals surface area (Å²) in [4.78, 5) is 0. The molecular formula is C15H14ClF2N. The summed E-state index contributed by atoms with van der Waals surface area (Å²) in [5.41, 5.74) is 7.29. The molecule has 1 unspecified atom stereocenters. The van der Waals surface area contributed by atoms with Crippen molar-refractivity contribution >= 4 is 11.6 Å². The van der Waals surface area contributed by atoms with E-state index in [1.165, 1.54) is 19.1 Å². The second-order valence-electron chi connectivity index (χ2n) is 4.56. The Hall–Kier alpha value is -1.45. The third-order valence-corrected chi connectivity index (χ3v) is 3.26. The predicted octanol–water partition coefficient (Wildman–Crippen LogP) is 4.17. The molecule has 0 aromatic heterocycles. The quantitative estimate of drug-likeness (QED) is 0.898. The lowest BCUT2D eigenvalue weighted by Crippen LogP contribution is -2.15. The van der Waals surface area contributed by atoms with Crippen LogP contribution in [0.15, 0.2) is 36.4 Å². The molecule has 0 aliphatic carbocycles. The van der Waals surface area contributed by atoms with Gasteiger partial charge in [0.1, 0.15) is 11.6 Å². The van der Waals surface area contributed by atoms with Gasteiger partial charge in [0.15, 0.2) is 0 Å². The van der Waals surface area contributed by atoms with Crippen molar-refractivity contribution in [1.29, 1.82) is 0 Å². The molecule has 0 saturated carbocycles. The SMILES string of the molecule is Cc1cc(F)c(C(N)Cc2cccc(Cl)c2)cc1F. The Balaban J connectivity index is 2.25. The first-order valence-electron chi connectivity index (χ1n) is 5.93. The van der Waals surface area contributed by atoms with Gasteiger partial charge in [0, 0.05) is 16.6 Å². The van der Waals surface area contributed by atoms with Gasteiger partial charge >= 0.3 is 0 Å². The summed E-state index contributed by atoms with van der Waals surface area (Å²) in [5.74, 6) is -0.925. The number of hydrogen-bond donors (Lipinski definition) is 1. The van der Waals surface area contributed by atoms with Crippen LogP contribution in [-0.2, 0) is 6.42 Å². The van der Waals surface area contributed by atoms with E-state index in [2.05, 4.69) is 0 Å². The summed E-state index contributed by atoms with van der Waals surface area (Å²) < 4.78 is 27.3. The van der Waals surface area contributed by atoms with E-state index in [1.54, 1.807) is 18.2 Å². The fraction of sp³-hybridized carbons (Fsp3) is 0.200. The van der Waals surface area contributed by atoms with E-state index in [-0.39, 0.29) is 11.1 Å². The zero-order valence-electron chi connectivity index (χ0n) is 10.5. The van der Waals surface area contributed by atoms with Gasteiger partial charge in [-0.15, -0.1) is 0 Å². The van der Waals surface area contributed by atoms with Gasteiger partial charge < -0.3 is 5.73 Å². The molecule has 1 atom stereocenters. The van der Waals surface area contributed by atoms with E-state index < -0.39 is 17.7 Å². The van der Waals surface area contributed by atoms with Gasteiger partial charge in [0.05, 0.1) is 0 Å². The molecular weight excluding hydrogens is 268 g/mol. The highest BCUT2D eigenvalue weighted by molar-refractivity contribution is 6.30. The molecule has 1 nitrogen and oxygen atoms in total. The normalized spacial score (nSPS) is 12.5. The van der Waals surface area contributed by atoms with E-state index in [4.69, 9.17) is 17.3 Å². The highest BCUT2D eigenvalue weighted by Gasteiger charge is 2.15. The van der Waals surface area contributed by atoms with Crippen LogP contribution < -0.4 is 5.73 Å². The molecule has 4 heteroatoms. The van der Waals surface area contributed by atoms with Crippen LogP contribution >= 0.6 is 11.6 Å². The topological polar surface area (TPSA) is 26.0 Å². The van der Waals surface area contributed by atoms with Crippen molar-refractivity contribution in [3.05, 3.63) is 69.7 Å². The summed E-state index contributed by atoms with van der Waals surface area (Å²) in [6.45, 7) is 1.52. The summed E-state index contributed by atoms with van der Waals surface area (Å²) in [6, 6.07) is 8.91. The number of halogens is 3. The van der Waals surface area contributed by atoms with Gasteiger partial charge in [-0.3, -0.25) is 0 Å².